The van der Waals surface area contributed by atoms with Crippen LogP contribution in [-0.4, -0.2) is 35.7 Å². The Morgan fingerprint density at radius 3 is 2.80 bits per heavy atom. The molecule has 0 bridgehead atoms. The molecule has 0 aromatic carbocycles. The average molecular weight is 216 g/mol. The van der Waals surface area contributed by atoms with Gasteiger partial charge in [0.1, 0.15) is 6.61 Å². The Kier molecular flexibility index (Phi) is 3.43. The number of aliphatic hydroxyl groups is 1. The van der Waals surface area contributed by atoms with Crippen molar-refractivity contribution in [3.63, 3.8) is 0 Å². The van der Waals surface area contributed by atoms with Gasteiger partial charge in [0.2, 0.25) is 0 Å². The molecule has 0 saturated carbocycles. The third-order valence-corrected chi connectivity index (χ3v) is 1.79. The second kappa shape index (κ2) is 4.41. The average Bonchev–Trinajstić information content (AvgIpc) is 2.91. The monoisotopic (exact) mass is 216 g/mol. The number of esters is 2. The number of ether oxygens (including phenoxy) is 3. The number of carbonyl (C=O) groups excluding carboxylic acids is 2. The SMILES string of the molecule is C=CC(=O)OC1O[C@@]1(CO)OC(=O)CC. The van der Waals surface area contributed by atoms with Crippen LogP contribution in [0.4, 0.5) is 0 Å². The fourth-order valence-electron chi connectivity index (χ4n) is 0.896. The molecule has 1 aliphatic rings. The number of carbonyl (C=O) groups is 2. The van der Waals surface area contributed by atoms with Crippen LogP contribution in [0.2, 0.25) is 0 Å². The lowest BCUT2D eigenvalue weighted by atomic mass is 10.4. The van der Waals surface area contributed by atoms with E-state index < -0.39 is 30.6 Å². The van der Waals surface area contributed by atoms with E-state index in [1.807, 2.05) is 0 Å². The zero-order valence-electron chi connectivity index (χ0n) is 8.26. The van der Waals surface area contributed by atoms with Crippen molar-refractivity contribution in [1.29, 1.82) is 0 Å². The van der Waals surface area contributed by atoms with E-state index >= 15 is 0 Å². The number of hydrogen-bond acceptors (Lipinski definition) is 6. The van der Waals surface area contributed by atoms with Crippen molar-refractivity contribution in [3.8, 4) is 0 Å². The minimum absolute atomic E-state index is 0.146. The number of epoxide rings is 1. The Labute approximate surface area is 86.4 Å². The summed E-state index contributed by atoms with van der Waals surface area (Å²) in [5.74, 6) is -2.77. The first kappa shape index (κ1) is 11.7. The predicted octanol–water partition coefficient (Wildman–Crippen LogP) is -0.286. The number of aliphatic hydroxyl groups excluding tert-OH is 1. The molecule has 1 rings (SSSR count). The van der Waals surface area contributed by atoms with Crippen LogP contribution in [0, 0.1) is 0 Å². The first-order valence-corrected chi connectivity index (χ1v) is 4.41. The minimum Gasteiger partial charge on any atom is -0.425 e. The molecule has 0 aromatic heterocycles. The van der Waals surface area contributed by atoms with Crippen molar-refractivity contribution in [1.82, 2.24) is 0 Å². The Morgan fingerprint density at radius 2 is 2.33 bits per heavy atom. The van der Waals surface area contributed by atoms with Gasteiger partial charge in [-0.25, -0.2) is 4.79 Å². The van der Waals surface area contributed by atoms with Gasteiger partial charge in [-0.1, -0.05) is 13.5 Å². The summed E-state index contributed by atoms with van der Waals surface area (Å²) in [6, 6.07) is 0. The molecular weight excluding hydrogens is 204 g/mol. The van der Waals surface area contributed by atoms with Crippen LogP contribution in [0.3, 0.4) is 0 Å². The lowest BCUT2D eigenvalue weighted by molar-refractivity contribution is -0.164. The molecule has 0 amide bonds. The molecule has 1 aliphatic heterocycles. The zero-order chi connectivity index (χ0) is 11.5. The molecule has 0 radical (unpaired) electrons. The van der Waals surface area contributed by atoms with Crippen LogP contribution in [0.25, 0.3) is 0 Å². The molecule has 6 nitrogen and oxygen atoms in total. The number of rotatable bonds is 5. The van der Waals surface area contributed by atoms with Gasteiger partial charge in [0.05, 0.1) is 0 Å². The molecule has 0 aromatic rings. The lowest BCUT2D eigenvalue weighted by Crippen LogP contribution is -2.29. The van der Waals surface area contributed by atoms with Gasteiger partial charge in [0.15, 0.2) is 0 Å². The van der Waals surface area contributed by atoms with Crippen LogP contribution in [0.5, 0.6) is 0 Å². The molecule has 0 aliphatic carbocycles. The molecule has 15 heavy (non-hydrogen) atoms. The van der Waals surface area contributed by atoms with Gasteiger partial charge in [-0.3, -0.25) is 9.53 Å². The largest absolute Gasteiger partial charge is 0.425 e. The van der Waals surface area contributed by atoms with E-state index in [1.165, 1.54) is 0 Å². The summed E-state index contributed by atoms with van der Waals surface area (Å²) in [7, 11) is 0. The van der Waals surface area contributed by atoms with Crippen LogP contribution >= 0.6 is 0 Å². The molecule has 1 unspecified atom stereocenters. The maximum absolute atomic E-state index is 11.0. The van der Waals surface area contributed by atoms with Crippen LogP contribution in [0.1, 0.15) is 13.3 Å². The topological polar surface area (TPSA) is 85.4 Å². The molecular formula is C9H12O6. The van der Waals surface area contributed by atoms with E-state index in [0.717, 1.165) is 6.08 Å². The molecule has 1 N–H and O–H groups in total. The third-order valence-electron chi connectivity index (χ3n) is 1.79. The zero-order valence-corrected chi connectivity index (χ0v) is 8.26. The van der Waals surface area contributed by atoms with Gasteiger partial charge in [-0.15, -0.1) is 0 Å². The molecule has 1 saturated heterocycles. The van der Waals surface area contributed by atoms with Crippen LogP contribution in [-0.2, 0) is 23.8 Å². The van der Waals surface area contributed by atoms with E-state index in [4.69, 9.17) is 14.6 Å². The van der Waals surface area contributed by atoms with Gasteiger partial charge in [0, 0.05) is 12.5 Å². The van der Waals surface area contributed by atoms with E-state index in [2.05, 4.69) is 11.3 Å². The summed E-state index contributed by atoms with van der Waals surface area (Å²) < 4.78 is 14.2. The highest BCUT2D eigenvalue weighted by molar-refractivity contribution is 5.81. The van der Waals surface area contributed by atoms with Gasteiger partial charge in [0.25, 0.3) is 6.29 Å². The van der Waals surface area contributed by atoms with Crippen LogP contribution < -0.4 is 0 Å². The lowest BCUT2D eigenvalue weighted by Gasteiger charge is -2.09. The number of hydrogen-bond donors (Lipinski definition) is 1. The van der Waals surface area contributed by atoms with E-state index in [1.54, 1.807) is 6.92 Å². The highest BCUT2D eigenvalue weighted by Gasteiger charge is 2.63. The van der Waals surface area contributed by atoms with Crippen LogP contribution in [0.15, 0.2) is 12.7 Å². The first-order valence-electron chi connectivity index (χ1n) is 4.41. The molecule has 0 spiro atoms. The van der Waals surface area contributed by atoms with Crippen molar-refractivity contribution >= 4 is 11.9 Å². The van der Waals surface area contributed by atoms with Gasteiger partial charge < -0.3 is 14.6 Å². The van der Waals surface area contributed by atoms with Crippen molar-refractivity contribution in [3.05, 3.63) is 12.7 Å². The first-order chi connectivity index (χ1) is 7.07. The normalized spacial score (nSPS) is 28.0. The fraction of sp³-hybridized carbons (Fsp3) is 0.556. The molecule has 6 heteroatoms. The van der Waals surface area contributed by atoms with Crippen molar-refractivity contribution in [2.75, 3.05) is 6.61 Å². The molecule has 84 valence electrons. The second-order valence-corrected chi connectivity index (χ2v) is 2.89. The summed E-state index contributed by atoms with van der Waals surface area (Å²) in [5.41, 5.74) is 0. The Balaban J connectivity index is 2.49. The summed E-state index contributed by atoms with van der Waals surface area (Å²) in [6.07, 6.45) is 0.0436. The summed E-state index contributed by atoms with van der Waals surface area (Å²) in [6.45, 7) is 4.23. The molecule has 1 fully saturated rings. The Bertz CT molecular complexity index is 286. The minimum atomic E-state index is -1.52. The van der Waals surface area contributed by atoms with E-state index in [-0.39, 0.29) is 6.42 Å². The second-order valence-electron chi connectivity index (χ2n) is 2.89. The summed E-state index contributed by atoms with van der Waals surface area (Å²) in [5, 5.41) is 8.94. The fourth-order valence-corrected chi connectivity index (χ4v) is 0.896. The van der Waals surface area contributed by atoms with Crippen molar-refractivity contribution in [2.45, 2.75) is 25.4 Å². The van der Waals surface area contributed by atoms with Gasteiger partial charge in [-0.2, -0.15) is 0 Å². The smallest absolute Gasteiger partial charge is 0.332 e. The quantitative estimate of drug-likeness (QED) is 0.386. The molecule has 2 atom stereocenters. The molecule has 1 heterocycles. The highest BCUT2D eigenvalue weighted by atomic mass is 16.9. The maximum Gasteiger partial charge on any atom is 0.332 e. The third kappa shape index (κ3) is 2.54. The predicted molar refractivity (Wildman–Crippen MR) is 47.4 cm³/mol. The highest BCUT2D eigenvalue weighted by Crippen LogP contribution is 2.38. The Hall–Kier alpha value is -1.40. The summed E-state index contributed by atoms with van der Waals surface area (Å²) >= 11 is 0. The van der Waals surface area contributed by atoms with Gasteiger partial charge >= 0.3 is 17.7 Å². The van der Waals surface area contributed by atoms with Crippen molar-refractivity contribution in [2.24, 2.45) is 0 Å². The van der Waals surface area contributed by atoms with Crippen molar-refractivity contribution < 1.29 is 28.9 Å². The van der Waals surface area contributed by atoms with Gasteiger partial charge in [-0.05, 0) is 0 Å². The Morgan fingerprint density at radius 1 is 1.67 bits per heavy atom. The van der Waals surface area contributed by atoms with E-state index in [0.29, 0.717) is 0 Å². The summed E-state index contributed by atoms with van der Waals surface area (Å²) in [4.78, 5) is 21.7. The van der Waals surface area contributed by atoms with E-state index in [9.17, 15) is 9.59 Å². The maximum atomic E-state index is 11.0. The standard InChI is InChI=1S/C9H12O6/c1-3-6(11)13-8-9(5-10,15-8)14-7(12)4-2/h3,8,10H,1,4-5H2,2H3/t8?,9-/m1/s1.